The number of likely N-dealkylation sites (N-methyl/N-ethyl adjacent to an activating group) is 1. The minimum Gasteiger partial charge on any atom is -0.491 e. The molecular weight excluding hydrogens is 340 g/mol. The Bertz CT molecular complexity index is 764. The van der Waals surface area contributed by atoms with Gasteiger partial charge in [0.05, 0.1) is 12.1 Å². The Hall–Kier alpha value is -3.10. The van der Waals surface area contributed by atoms with Gasteiger partial charge in [-0.3, -0.25) is 19.7 Å². The molecule has 0 aromatic heterocycles. The Kier molecular flexibility index (Phi) is 5.06. The van der Waals surface area contributed by atoms with Crippen molar-refractivity contribution in [3.8, 4) is 5.75 Å². The minimum absolute atomic E-state index is 0.0864. The number of hydrogen-bond acceptors (Lipinski definition) is 5. The predicted molar refractivity (Wildman–Crippen MR) is 91.9 cm³/mol. The van der Waals surface area contributed by atoms with Crippen molar-refractivity contribution in [2.75, 3.05) is 38.6 Å². The van der Waals surface area contributed by atoms with Gasteiger partial charge in [0, 0.05) is 38.7 Å². The lowest BCUT2D eigenvalue weighted by Gasteiger charge is -2.26. The maximum atomic E-state index is 12.3. The van der Waals surface area contributed by atoms with Crippen molar-refractivity contribution in [1.82, 2.24) is 15.1 Å². The van der Waals surface area contributed by atoms with Crippen LogP contribution in [-0.2, 0) is 9.59 Å². The highest BCUT2D eigenvalue weighted by atomic mass is 16.5. The number of imide groups is 1. The van der Waals surface area contributed by atoms with Crippen molar-refractivity contribution < 1.29 is 23.9 Å². The summed E-state index contributed by atoms with van der Waals surface area (Å²) in [6.45, 7) is 1.42. The molecule has 0 aliphatic carbocycles. The first-order valence-electron chi connectivity index (χ1n) is 8.35. The van der Waals surface area contributed by atoms with Crippen LogP contribution in [0.2, 0.25) is 0 Å². The van der Waals surface area contributed by atoms with E-state index in [4.69, 9.17) is 4.74 Å². The molecule has 5 amide bonds. The number of nitrogens with zero attached hydrogens (tertiary/aromatic N) is 2. The third-order valence-electron chi connectivity index (χ3n) is 4.28. The lowest BCUT2D eigenvalue weighted by molar-refractivity contribution is -0.121. The molecule has 2 N–H and O–H groups in total. The second-order valence-electron chi connectivity index (χ2n) is 6.17. The van der Waals surface area contributed by atoms with Crippen LogP contribution in [0.3, 0.4) is 0 Å². The van der Waals surface area contributed by atoms with E-state index in [9.17, 15) is 19.2 Å². The number of urea groups is 1. The maximum Gasteiger partial charge on any atom is 0.324 e. The average Bonchev–Trinajstić information content (AvgIpc) is 2.74. The average molecular weight is 360 g/mol. The van der Waals surface area contributed by atoms with Crippen LogP contribution in [0.25, 0.3) is 0 Å². The Morgan fingerprint density at radius 1 is 1.27 bits per heavy atom. The summed E-state index contributed by atoms with van der Waals surface area (Å²) in [6, 6.07) is 4.43. The summed E-state index contributed by atoms with van der Waals surface area (Å²) in [5, 5.41) is 4.93. The van der Waals surface area contributed by atoms with Crippen molar-refractivity contribution in [1.29, 1.82) is 0 Å². The largest absolute Gasteiger partial charge is 0.491 e. The summed E-state index contributed by atoms with van der Waals surface area (Å²) in [7, 11) is 1.69. The summed E-state index contributed by atoms with van der Waals surface area (Å²) in [5.74, 6) is -0.266. The van der Waals surface area contributed by atoms with Gasteiger partial charge in [-0.2, -0.15) is 0 Å². The number of nitrogens with one attached hydrogen (secondary N) is 2. The molecule has 0 saturated carbocycles. The number of carbonyl (C=O) groups excluding carboxylic acids is 4. The Balaban J connectivity index is 1.59. The fourth-order valence-electron chi connectivity index (χ4n) is 2.77. The molecule has 0 spiro atoms. The van der Waals surface area contributed by atoms with E-state index in [0.717, 1.165) is 0 Å². The van der Waals surface area contributed by atoms with E-state index in [0.29, 0.717) is 36.7 Å². The van der Waals surface area contributed by atoms with E-state index in [2.05, 4.69) is 10.6 Å². The van der Waals surface area contributed by atoms with Crippen LogP contribution in [0.5, 0.6) is 5.75 Å². The summed E-state index contributed by atoms with van der Waals surface area (Å²) in [6.07, 6.45) is 0.316. The zero-order chi connectivity index (χ0) is 18.7. The first kappa shape index (κ1) is 17.7. The molecule has 138 valence electrons. The SMILES string of the molecule is CN1CCOc2ccc(NC(=O)CCN3CCC(=O)NC3=O)cc2C1=O. The number of benzene rings is 1. The Morgan fingerprint density at radius 3 is 2.85 bits per heavy atom. The van der Waals surface area contributed by atoms with Crippen LogP contribution in [0, 0.1) is 0 Å². The number of rotatable bonds is 4. The smallest absolute Gasteiger partial charge is 0.324 e. The van der Waals surface area contributed by atoms with Crippen molar-refractivity contribution in [2.24, 2.45) is 0 Å². The molecule has 0 radical (unpaired) electrons. The molecule has 2 heterocycles. The number of amides is 5. The number of carbonyl (C=O) groups is 4. The van der Waals surface area contributed by atoms with E-state index in [1.807, 2.05) is 0 Å². The van der Waals surface area contributed by atoms with Crippen LogP contribution in [0.4, 0.5) is 10.5 Å². The van der Waals surface area contributed by atoms with Gasteiger partial charge >= 0.3 is 6.03 Å². The van der Waals surface area contributed by atoms with Crippen molar-refractivity contribution in [2.45, 2.75) is 12.8 Å². The molecule has 26 heavy (non-hydrogen) atoms. The van der Waals surface area contributed by atoms with Gasteiger partial charge < -0.3 is 19.9 Å². The molecule has 0 atom stereocenters. The van der Waals surface area contributed by atoms with E-state index in [1.165, 1.54) is 4.90 Å². The van der Waals surface area contributed by atoms with Gasteiger partial charge in [-0.15, -0.1) is 0 Å². The standard InChI is InChI=1S/C17H20N4O5/c1-20-8-9-26-13-3-2-11(10-12(13)16(20)24)18-14(22)4-6-21-7-5-15(23)19-17(21)25/h2-3,10H,4-9H2,1H3,(H,18,22)(H,19,23,25). The molecule has 0 unspecified atom stereocenters. The summed E-state index contributed by atoms with van der Waals surface area (Å²) in [5.41, 5.74) is 0.885. The number of fused-ring (bicyclic) bond motifs is 1. The molecular formula is C17H20N4O5. The van der Waals surface area contributed by atoms with Gasteiger partial charge in [-0.05, 0) is 18.2 Å². The van der Waals surface area contributed by atoms with Gasteiger partial charge in [0.15, 0.2) is 0 Å². The number of hydrogen-bond donors (Lipinski definition) is 2. The highest BCUT2D eigenvalue weighted by molar-refractivity contribution is 6.00. The topological polar surface area (TPSA) is 108 Å². The van der Waals surface area contributed by atoms with Gasteiger partial charge in [-0.1, -0.05) is 0 Å². The molecule has 1 aromatic carbocycles. The molecule has 1 aromatic rings. The molecule has 2 aliphatic heterocycles. The van der Waals surface area contributed by atoms with Gasteiger partial charge in [0.25, 0.3) is 5.91 Å². The normalized spacial score (nSPS) is 17.2. The van der Waals surface area contributed by atoms with Crippen molar-refractivity contribution in [3.05, 3.63) is 23.8 Å². The molecule has 2 aliphatic rings. The highest BCUT2D eigenvalue weighted by Crippen LogP contribution is 2.26. The van der Waals surface area contributed by atoms with Crippen LogP contribution in [-0.4, -0.2) is 66.8 Å². The van der Waals surface area contributed by atoms with Crippen molar-refractivity contribution >= 4 is 29.4 Å². The van der Waals surface area contributed by atoms with Gasteiger partial charge in [-0.25, -0.2) is 4.79 Å². The van der Waals surface area contributed by atoms with E-state index in [1.54, 1.807) is 30.1 Å². The van der Waals surface area contributed by atoms with Crippen LogP contribution >= 0.6 is 0 Å². The number of anilines is 1. The Labute approximate surface area is 150 Å². The summed E-state index contributed by atoms with van der Waals surface area (Å²) < 4.78 is 5.54. The number of ether oxygens (including phenoxy) is 1. The lowest BCUT2D eigenvalue weighted by atomic mass is 10.1. The van der Waals surface area contributed by atoms with Crippen LogP contribution in [0.1, 0.15) is 23.2 Å². The zero-order valence-corrected chi connectivity index (χ0v) is 14.4. The molecule has 1 saturated heterocycles. The molecule has 1 fully saturated rings. The summed E-state index contributed by atoms with van der Waals surface area (Å²) in [4.78, 5) is 50.2. The molecule has 0 bridgehead atoms. The van der Waals surface area contributed by atoms with Crippen LogP contribution in [0.15, 0.2) is 18.2 Å². The first-order chi connectivity index (χ1) is 12.4. The second-order valence-corrected chi connectivity index (χ2v) is 6.17. The van der Waals surface area contributed by atoms with Crippen LogP contribution < -0.4 is 15.4 Å². The van der Waals surface area contributed by atoms with Crippen molar-refractivity contribution in [3.63, 3.8) is 0 Å². The minimum atomic E-state index is -0.482. The fraction of sp³-hybridized carbons (Fsp3) is 0.412. The maximum absolute atomic E-state index is 12.3. The monoisotopic (exact) mass is 360 g/mol. The predicted octanol–water partition coefficient (Wildman–Crippen LogP) is 0.422. The highest BCUT2D eigenvalue weighted by Gasteiger charge is 2.24. The third kappa shape index (κ3) is 3.93. The van der Waals surface area contributed by atoms with E-state index >= 15 is 0 Å². The van der Waals surface area contributed by atoms with E-state index < -0.39 is 6.03 Å². The Morgan fingerprint density at radius 2 is 2.08 bits per heavy atom. The fourth-order valence-corrected chi connectivity index (χ4v) is 2.77. The van der Waals surface area contributed by atoms with Gasteiger partial charge in [0.1, 0.15) is 12.4 Å². The zero-order valence-electron chi connectivity index (χ0n) is 14.4. The molecule has 3 rings (SSSR count). The third-order valence-corrected chi connectivity index (χ3v) is 4.28. The molecule has 9 nitrogen and oxygen atoms in total. The van der Waals surface area contributed by atoms with Gasteiger partial charge in [0.2, 0.25) is 11.8 Å². The summed E-state index contributed by atoms with van der Waals surface area (Å²) >= 11 is 0. The first-order valence-corrected chi connectivity index (χ1v) is 8.35. The lowest BCUT2D eigenvalue weighted by Crippen LogP contribution is -2.50. The second kappa shape index (κ2) is 7.42. The molecule has 9 heteroatoms. The van der Waals surface area contributed by atoms with E-state index in [-0.39, 0.29) is 37.1 Å². The quantitative estimate of drug-likeness (QED) is 0.809.